The van der Waals surface area contributed by atoms with Crippen LogP contribution in [0.5, 0.6) is 5.75 Å². The van der Waals surface area contributed by atoms with Gasteiger partial charge < -0.3 is 14.4 Å². The van der Waals surface area contributed by atoms with E-state index in [0.717, 1.165) is 62.4 Å². The van der Waals surface area contributed by atoms with Crippen molar-refractivity contribution in [2.75, 3.05) is 39.8 Å². The highest BCUT2D eigenvalue weighted by Crippen LogP contribution is 2.25. The Morgan fingerprint density at radius 2 is 1.84 bits per heavy atom. The first kappa shape index (κ1) is 24.6. The third-order valence-electron chi connectivity index (χ3n) is 6.06. The van der Waals surface area contributed by atoms with Gasteiger partial charge in [0, 0.05) is 43.7 Å². The molecule has 0 bridgehead atoms. The molecule has 2 aromatic carbocycles. The predicted octanol–water partition coefficient (Wildman–Crippen LogP) is 5.19. The number of amides is 1. The number of hydrogen-bond acceptors (Lipinski definition) is 4. The standard InChI is InChI=1S/C26H35ClN2O3/c1-4-7-20(2)26(30)29-14-12-28(13-15-29)18-25(22-9-6-11-24(17-22)31-3)32-19-21-8-5-10-23(27)16-21/h5-6,8-11,16-17,20,25H,4,7,12-15,18-19H2,1-3H3/t20-,25-/m0/s1. The Bertz CT molecular complexity index is 868. The molecule has 1 fully saturated rings. The fourth-order valence-corrected chi connectivity index (χ4v) is 4.39. The third kappa shape index (κ3) is 6.96. The normalized spacial score (nSPS) is 16.6. The molecule has 0 aromatic heterocycles. The molecule has 0 spiro atoms. The van der Waals surface area contributed by atoms with E-state index in [2.05, 4.69) is 17.9 Å². The van der Waals surface area contributed by atoms with Gasteiger partial charge in [0.1, 0.15) is 5.75 Å². The van der Waals surface area contributed by atoms with Gasteiger partial charge in [-0.05, 0) is 41.8 Å². The predicted molar refractivity (Wildman–Crippen MR) is 129 cm³/mol. The van der Waals surface area contributed by atoms with Crippen molar-refractivity contribution in [1.82, 2.24) is 9.80 Å². The van der Waals surface area contributed by atoms with Crippen LogP contribution in [-0.4, -0.2) is 55.5 Å². The van der Waals surface area contributed by atoms with Crippen molar-refractivity contribution in [3.05, 3.63) is 64.7 Å². The van der Waals surface area contributed by atoms with Gasteiger partial charge in [-0.25, -0.2) is 0 Å². The van der Waals surface area contributed by atoms with Crippen molar-refractivity contribution in [2.24, 2.45) is 5.92 Å². The van der Waals surface area contributed by atoms with Crippen molar-refractivity contribution in [1.29, 1.82) is 0 Å². The molecule has 0 unspecified atom stereocenters. The quantitative estimate of drug-likeness (QED) is 0.491. The lowest BCUT2D eigenvalue weighted by Crippen LogP contribution is -2.50. The van der Waals surface area contributed by atoms with E-state index in [-0.39, 0.29) is 17.9 Å². The van der Waals surface area contributed by atoms with Crippen LogP contribution in [-0.2, 0) is 16.1 Å². The topological polar surface area (TPSA) is 42.0 Å². The zero-order chi connectivity index (χ0) is 22.9. The maximum atomic E-state index is 12.7. The van der Waals surface area contributed by atoms with Crippen molar-refractivity contribution in [2.45, 2.75) is 39.4 Å². The van der Waals surface area contributed by atoms with E-state index >= 15 is 0 Å². The molecule has 1 aliphatic heterocycles. The molecular weight excluding hydrogens is 424 g/mol. The Morgan fingerprint density at radius 1 is 1.09 bits per heavy atom. The molecule has 2 atom stereocenters. The average Bonchev–Trinajstić information content (AvgIpc) is 2.82. The fraction of sp³-hybridized carbons (Fsp3) is 0.500. The van der Waals surface area contributed by atoms with Crippen LogP contribution in [0.25, 0.3) is 0 Å². The first-order chi connectivity index (χ1) is 15.5. The Balaban J connectivity index is 1.64. The van der Waals surface area contributed by atoms with Crippen molar-refractivity contribution in [3.63, 3.8) is 0 Å². The van der Waals surface area contributed by atoms with E-state index in [0.29, 0.717) is 11.6 Å². The Labute approximate surface area is 197 Å². The number of carbonyl (C=O) groups is 1. The van der Waals surface area contributed by atoms with Crippen LogP contribution in [0.2, 0.25) is 5.02 Å². The summed E-state index contributed by atoms with van der Waals surface area (Å²) >= 11 is 6.14. The third-order valence-corrected chi connectivity index (χ3v) is 6.29. The molecule has 3 rings (SSSR count). The van der Waals surface area contributed by atoms with E-state index in [1.54, 1.807) is 7.11 Å². The molecule has 1 heterocycles. The lowest BCUT2D eigenvalue weighted by atomic mass is 10.0. The first-order valence-corrected chi connectivity index (χ1v) is 11.9. The zero-order valence-electron chi connectivity index (χ0n) is 19.4. The van der Waals surface area contributed by atoms with Gasteiger partial charge in [0.15, 0.2) is 0 Å². The highest BCUT2D eigenvalue weighted by Gasteiger charge is 2.26. The second-order valence-corrected chi connectivity index (χ2v) is 8.96. The maximum Gasteiger partial charge on any atom is 0.225 e. The molecule has 0 radical (unpaired) electrons. The summed E-state index contributed by atoms with van der Waals surface area (Å²) in [5.74, 6) is 1.21. The number of rotatable bonds is 10. The number of ether oxygens (including phenoxy) is 2. The molecule has 1 saturated heterocycles. The zero-order valence-corrected chi connectivity index (χ0v) is 20.2. The van der Waals surface area contributed by atoms with E-state index < -0.39 is 0 Å². The van der Waals surface area contributed by atoms with Gasteiger partial charge in [-0.1, -0.05) is 56.1 Å². The van der Waals surface area contributed by atoms with Crippen LogP contribution in [0.4, 0.5) is 0 Å². The van der Waals surface area contributed by atoms with Crippen LogP contribution >= 0.6 is 11.6 Å². The summed E-state index contributed by atoms with van der Waals surface area (Å²) in [7, 11) is 1.68. The summed E-state index contributed by atoms with van der Waals surface area (Å²) in [6, 6.07) is 15.8. The van der Waals surface area contributed by atoms with Gasteiger partial charge in [0.2, 0.25) is 5.91 Å². The first-order valence-electron chi connectivity index (χ1n) is 11.5. The molecule has 0 saturated carbocycles. The van der Waals surface area contributed by atoms with Crippen LogP contribution < -0.4 is 4.74 Å². The number of methoxy groups -OCH3 is 1. The Kier molecular flexibility index (Phi) is 9.39. The highest BCUT2D eigenvalue weighted by molar-refractivity contribution is 6.30. The van der Waals surface area contributed by atoms with Crippen molar-refractivity contribution < 1.29 is 14.3 Å². The second-order valence-electron chi connectivity index (χ2n) is 8.52. The molecule has 0 N–H and O–H groups in total. The summed E-state index contributed by atoms with van der Waals surface area (Å²) in [5, 5.41) is 0.710. The molecular formula is C26H35ClN2O3. The molecule has 32 heavy (non-hydrogen) atoms. The average molecular weight is 459 g/mol. The van der Waals surface area contributed by atoms with Gasteiger partial charge in [-0.3, -0.25) is 9.69 Å². The second kappa shape index (κ2) is 12.2. The lowest BCUT2D eigenvalue weighted by Gasteiger charge is -2.37. The summed E-state index contributed by atoms with van der Waals surface area (Å²) in [6.07, 6.45) is 1.89. The van der Waals surface area contributed by atoms with E-state index in [1.165, 1.54) is 0 Å². The molecule has 1 aliphatic rings. The van der Waals surface area contributed by atoms with Crippen molar-refractivity contribution >= 4 is 17.5 Å². The molecule has 174 valence electrons. The van der Waals surface area contributed by atoms with Gasteiger partial charge >= 0.3 is 0 Å². The van der Waals surface area contributed by atoms with E-state index in [4.69, 9.17) is 21.1 Å². The maximum absolute atomic E-state index is 12.7. The van der Waals surface area contributed by atoms with E-state index in [1.807, 2.05) is 54.3 Å². The highest BCUT2D eigenvalue weighted by atomic mass is 35.5. The summed E-state index contributed by atoms with van der Waals surface area (Å²) < 4.78 is 11.8. The van der Waals surface area contributed by atoms with E-state index in [9.17, 15) is 4.79 Å². The lowest BCUT2D eigenvalue weighted by molar-refractivity contribution is -0.137. The minimum absolute atomic E-state index is 0.106. The van der Waals surface area contributed by atoms with Crippen molar-refractivity contribution in [3.8, 4) is 5.75 Å². The minimum Gasteiger partial charge on any atom is -0.497 e. The number of piperazine rings is 1. The number of halogens is 1. The number of hydrogen-bond donors (Lipinski definition) is 0. The van der Waals surface area contributed by atoms with Gasteiger partial charge in [-0.2, -0.15) is 0 Å². The fourth-order valence-electron chi connectivity index (χ4n) is 4.17. The smallest absolute Gasteiger partial charge is 0.225 e. The minimum atomic E-state index is -0.106. The molecule has 5 nitrogen and oxygen atoms in total. The summed E-state index contributed by atoms with van der Waals surface area (Å²) in [5.41, 5.74) is 2.13. The number of nitrogens with zero attached hydrogens (tertiary/aromatic N) is 2. The number of benzene rings is 2. The molecule has 2 aromatic rings. The van der Waals surface area contributed by atoms with Crippen LogP contribution in [0, 0.1) is 5.92 Å². The molecule has 1 amide bonds. The van der Waals surface area contributed by atoms with Gasteiger partial charge in [0.05, 0.1) is 19.8 Å². The summed E-state index contributed by atoms with van der Waals surface area (Å²) in [6.45, 7) is 8.66. The largest absolute Gasteiger partial charge is 0.497 e. The molecule has 6 heteroatoms. The SMILES string of the molecule is CCC[C@H](C)C(=O)N1CCN(C[C@H](OCc2cccc(Cl)c2)c2cccc(OC)c2)CC1. The monoisotopic (exact) mass is 458 g/mol. The molecule has 0 aliphatic carbocycles. The number of carbonyl (C=O) groups excluding carboxylic acids is 1. The Morgan fingerprint density at radius 3 is 2.53 bits per heavy atom. The van der Waals surface area contributed by atoms with Crippen LogP contribution in [0.3, 0.4) is 0 Å². The van der Waals surface area contributed by atoms with Crippen LogP contribution in [0.1, 0.15) is 43.9 Å². The Hall–Kier alpha value is -2.08. The van der Waals surface area contributed by atoms with Crippen LogP contribution in [0.15, 0.2) is 48.5 Å². The van der Waals surface area contributed by atoms with Gasteiger partial charge in [0.25, 0.3) is 0 Å². The summed E-state index contributed by atoms with van der Waals surface area (Å²) in [4.78, 5) is 17.1. The van der Waals surface area contributed by atoms with Gasteiger partial charge in [-0.15, -0.1) is 0 Å².